The van der Waals surface area contributed by atoms with Gasteiger partial charge in [0.05, 0.1) is 6.10 Å². The van der Waals surface area contributed by atoms with Crippen LogP contribution in [-0.4, -0.2) is 18.1 Å². The van der Waals surface area contributed by atoms with Crippen molar-refractivity contribution < 1.29 is 9.53 Å². The van der Waals surface area contributed by atoms with Crippen LogP contribution in [0.2, 0.25) is 0 Å². The van der Waals surface area contributed by atoms with Gasteiger partial charge in [-0.3, -0.25) is 10.2 Å². The number of amides is 1. The third kappa shape index (κ3) is 3.95. The highest BCUT2D eigenvalue weighted by molar-refractivity contribution is 5.79. The molecule has 4 heteroatoms. The Morgan fingerprint density at radius 3 is 2.55 bits per heavy atom. The van der Waals surface area contributed by atoms with Gasteiger partial charge in [0.2, 0.25) is 0 Å². The number of carbonyl (C=O) groups excluding carboxylic acids is 1. The van der Waals surface area contributed by atoms with E-state index in [4.69, 9.17) is 10.6 Å². The summed E-state index contributed by atoms with van der Waals surface area (Å²) in [6.45, 7) is 5.59. The molecule has 0 aliphatic carbocycles. The minimum atomic E-state index is -0.463. The maximum atomic E-state index is 10.8. The number of nitrogens with one attached hydrogen (secondary N) is 1. The molecule has 1 amide bonds. The lowest BCUT2D eigenvalue weighted by Crippen LogP contribution is -2.40. The summed E-state index contributed by atoms with van der Waals surface area (Å²) in [5.74, 6) is 4.62. The Morgan fingerprint density at radius 2 is 2.18 bits per heavy atom. The van der Waals surface area contributed by atoms with E-state index >= 15 is 0 Å². The van der Waals surface area contributed by atoms with Crippen molar-refractivity contribution in [3.8, 4) is 0 Å². The van der Waals surface area contributed by atoms with Crippen molar-refractivity contribution in [3.05, 3.63) is 0 Å². The molecule has 0 aliphatic rings. The number of hydrogen-bond acceptors (Lipinski definition) is 3. The first-order chi connectivity index (χ1) is 5.11. The highest BCUT2D eigenvalue weighted by atomic mass is 16.5. The van der Waals surface area contributed by atoms with E-state index in [0.29, 0.717) is 0 Å². The molecule has 0 aromatic carbocycles. The topological polar surface area (TPSA) is 64.3 Å². The number of hydrazine groups is 1. The number of nitrogens with two attached hydrogens (primary N) is 1. The van der Waals surface area contributed by atoms with Crippen molar-refractivity contribution in [2.24, 2.45) is 5.84 Å². The zero-order chi connectivity index (χ0) is 8.85. The van der Waals surface area contributed by atoms with Crippen LogP contribution in [0, 0.1) is 0 Å². The number of rotatable bonds is 4. The van der Waals surface area contributed by atoms with Crippen molar-refractivity contribution >= 4 is 5.91 Å². The Balaban J connectivity index is 3.67. The highest BCUT2D eigenvalue weighted by Gasteiger charge is 2.13. The molecule has 0 radical (unpaired) electrons. The molecular weight excluding hydrogens is 144 g/mol. The Morgan fingerprint density at radius 1 is 1.64 bits per heavy atom. The van der Waals surface area contributed by atoms with Crippen LogP contribution in [-0.2, 0) is 9.53 Å². The lowest BCUT2D eigenvalue weighted by molar-refractivity contribution is -0.134. The molecule has 2 unspecified atom stereocenters. The van der Waals surface area contributed by atoms with Crippen molar-refractivity contribution in [3.63, 3.8) is 0 Å². The maximum Gasteiger partial charge on any atom is 0.262 e. The lowest BCUT2D eigenvalue weighted by Gasteiger charge is -2.15. The van der Waals surface area contributed by atoms with Crippen molar-refractivity contribution in [1.29, 1.82) is 0 Å². The van der Waals surface area contributed by atoms with Crippen LogP contribution >= 0.6 is 0 Å². The van der Waals surface area contributed by atoms with Gasteiger partial charge in [-0.2, -0.15) is 0 Å². The number of hydrogen-bond donors (Lipinski definition) is 2. The molecule has 4 nitrogen and oxygen atoms in total. The first-order valence-electron chi connectivity index (χ1n) is 3.77. The normalized spacial score (nSPS) is 15.6. The van der Waals surface area contributed by atoms with Crippen LogP contribution in [0.1, 0.15) is 27.2 Å². The van der Waals surface area contributed by atoms with Gasteiger partial charge in [0, 0.05) is 0 Å². The molecule has 11 heavy (non-hydrogen) atoms. The fraction of sp³-hybridized carbons (Fsp3) is 0.857. The Kier molecular flexibility index (Phi) is 4.81. The quantitative estimate of drug-likeness (QED) is 0.350. The largest absolute Gasteiger partial charge is 0.366 e. The van der Waals surface area contributed by atoms with Gasteiger partial charge in [0.25, 0.3) is 5.91 Å². The van der Waals surface area contributed by atoms with E-state index in [-0.39, 0.29) is 12.0 Å². The zero-order valence-corrected chi connectivity index (χ0v) is 7.26. The molecule has 0 fully saturated rings. The van der Waals surface area contributed by atoms with Gasteiger partial charge in [0.15, 0.2) is 0 Å². The van der Waals surface area contributed by atoms with Gasteiger partial charge in [0.1, 0.15) is 6.10 Å². The minimum Gasteiger partial charge on any atom is -0.366 e. The first-order valence-corrected chi connectivity index (χ1v) is 3.77. The van der Waals surface area contributed by atoms with Crippen LogP contribution in [0.4, 0.5) is 0 Å². The Hall–Kier alpha value is -0.610. The van der Waals surface area contributed by atoms with Crippen molar-refractivity contribution in [2.45, 2.75) is 39.4 Å². The Bertz CT molecular complexity index is 128. The second-order valence-corrected chi connectivity index (χ2v) is 2.51. The van der Waals surface area contributed by atoms with E-state index in [2.05, 4.69) is 0 Å². The molecule has 0 spiro atoms. The van der Waals surface area contributed by atoms with E-state index in [1.165, 1.54) is 0 Å². The van der Waals surface area contributed by atoms with Crippen molar-refractivity contribution in [1.82, 2.24) is 5.43 Å². The summed E-state index contributed by atoms with van der Waals surface area (Å²) in [5, 5.41) is 0. The maximum absolute atomic E-state index is 10.8. The summed E-state index contributed by atoms with van der Waals surface area (Å²) in [5.41, 5.74) is 2.03. The SMILES string of the molecule is CCC(C)OC(C)C(=O)NN. The lowest BCUT2D eigenvalue weighted by atomic mass is 10.3. The van der Waals surface area contributed by atoms with E-state index in [1.54, 1.807) is 6.92 Å². The zero-order valence-electron chi connectivity index (χ0n) is 7.26. The molecule has 66 valence electrons. The standard InChI is InChI=1S/C7H16N2O2/c1-4-5(2)11-6(3)7(10)9-8/h5-6H,4,8H2,1-3H3,(H,9,10). The predicted octanol–water partition coefficient (Wildman–Crippen LogP) is 0.180. The van der Waals surface area contributed by atoms with E-state index in [0.717, 1.165) is 6.42 Å². The van der Waals surface area contributed by atoms with Crippen molar-refractivity contribution in [2.75, 3.05) is 0 Å². The molecule has 0 rings (SSSR count). The first kappa shape index (κ1) is 10.4. The summed E-state index contributed by atoms with van der Waals surface area (Å²) in [4.78, 5) is 10.8. The second-order valence-electron chi connectivity index (χ2n) is 2.51. The van der Waals surface area contributed by atoms with Crippen LogP contribution in [0.3, 0.4) is 0 Å². The van der Waals surface area contributed by atoms with Gasteiger partial charge in [-0.25, -0.2) is 5.84 Å². The minimum absolute atomic E-state index is 0.0994. The average Bonchev–Trinajstić information content (AvgIpc) is 2.02. The highest BCUT2D eigenvalue weighted by Crippen LogP contribution is 2.00. The molecule has 0 aliphatic heterocycles. The van der Waals surface area contributed by atoms with Gasteiger partial charge in [-0.1, -0.05) is 6.92 Å². The van der Waals surface area contributed by atoms with Gasteiger partial charge in [-0.05, 0) is 20.3 Å². The number of ether oxygens (including phenoxy) is 1. The summed E-state index contributed by atoms with van der Waals surface area (Å²) in [6, 6.07) is 0. The smallest absolute Gasteiger partial charge is 0.262 e. The third-order valence-electron chi connectivity index (χ3n) is 1.52. The fourth-order valence-corrected chi connectivity index (χ4v) is 0.624. The van der Waals surface area contributed by atoms with E-state index in [1.807, 2.05) is 19.3 Å². The summed E-state index contributed by atoms with van der Waals surface area (Å²) in [6.07, 6.45) is 0.527. The monoisotopic (exact) mass is 160 g/mol. The van der Waals surface area contributed by atoms with Gasteiger partial charge < -0.3 is 4.74 Å². The van der Waals surface area contributed by atoms with Gasteiger partial charge in [-0.15, -0.1) is 0 Å². The van der Waals surface area contributed by atoms with Gasteiger partial charge >= 0.3 is 0 Å². The van der Waals surface area contributed by atoms with Crippen LogP contribution in [0.15, 0.2) is 0 Å². The summed E-state index contributed by atoms with van der Waals surface area (Å²) < 4.78 is 5.26. The molecule has 0 saturated carbocycles. The summed E-state index contributed by atoms with van der Waals surface area (Å²) in [7, 11) is 0. The molecule has 0 aromatic heterocycles. The summed E-state index contributed by atoms with van der Waals surface area (Å²) >= 11 is 0. The molecule has 0 heterocycles. The molecule has 3 N–H and O–H groups in total. The average molecular weight is 160 g/mol. The molecule has 0 bridgehead atoms. The van der Waals surface area contributed by atoms with Crippen LogP contribution in [0.25, 0.3) is 0 Å². The van der Waals surface area contributed by atoms with Crippen LogP contribution < -0.4 is 11.3 Å². The van der Waals surface area contributed by atoms with E-state index in [9.17, 15) is 4.79 Å². The Labute approximate surface area is 67.1 Å². The second kappa shape index (κ2) is 5.09. The molecule has 2 atom stereocenters. The third-order valence-corrected chi connectivity index (χ3v) is 1.52. The van der Waals surface area contributed by atoms with Crippen LogP contribution in [0.5, 0.6) is 0 Å². The molecular formula is C7H16N2O2. The molecule has 0 aromatic rings. The molecule has 0 saturated heterocycles. The number of carbonyl (C=O) groups is 1. The van der Waals surface area contributed by atoms with E-state index < -0.39 is 6.10 Å². The predicted molar refractivity (Wildman–Crippen MR) is 42.6 cm³/mol. The fourth-order valence-electron chi connectivity index (χ4n) is 0.624.